The second-order valence-electron chi connectivity index (χ2n) is 9.53. The SMILES string of the molecule is C[SiH](O[Si](C)(C)C)O[Si](C)(C)O[Si](C)(C)O[Si](C)(C)O[Si](C)(C)C. The van der Waals surface area contributed by atoms with E-state index in [9.17, 15) is 0 Å². The lowest BCUT2D eigenvalue weighted by Gasteiger charge is -2.40. The summed E-state index contributed by atoms with van der Waals surface area (Å²) in [5, 5.41) is 0. The van der Waals surface area contributed by atoms with Crippen LogP contribution in [0.15, 0.2) is 0 Å². The van der Waals surface area contributed by atoms with E-state index in [1.165, 1.54) is 0 Å². The second-order valence-corrected chi connectivity index (χ2v) is 31.9. The Labute approximate surface area is 157 Å². The lowest BCUT2D eigenvalue weighted by atomic mass is 11.8. The van der Waals surface area contributed by atoms with E-state index in [0.717, 1.165) is 0 Å². The Hall–Kier alpha value is 1.10. The van der Waals surface area contributed by atoms with Gasteiger partial charge in [0.2, 0.25) is 0 Å². The molecule has 0 aromatic carbocycles. The first kappa shape index (κ1) is 25.1. The van der Waals surface area contributed by atoms with Gasteiger partial charge >= 0.3 is 25.7 Å². The van der Waals surface area contributed by atoms with Crippen molar-refractivity contribution in [1.82, 2.24) is 0 Å². The number of hydrogen-bond acceptors (Lipinski definition) is 5. The van der Waals surface area contributed by atoms with Crippen LogP contribution < -0.4 is 0 Å². The summed E-state index contributed by atoms with van der Waals surface area (Å²) in [6.45, 7) is 27.9. The third-order valence-electron chi connectivity index (χ3n) is 2.50. The predicted molar refractivity (Wildman–Crippen MR) is 118 cm³/mol. The average Bonchev–Trinajstić information content (AvgIpc) is 2.00. The van der Waals surface area contributed by atoms with Crippen molar-refractivity contribution in [1.29, 1.82) is 0 Å². The molecule has 24 heavy (non-hydrogen) atoms. The molecule has 0 saturated carbocycles. The summed E-state index contributed by atoms with van der Waals surface area (Å²) in [6, 6.07) is 0. The van der Waals surface area contributed by atoms with Crippen LogP contribution in [-0.4, -0.2) is 51.6 Å². The molecule has 0 aromatic heterocycles. The Bertz CT molecular complexity index is 403. The zero-order chi connectivity index (χ0) is 19.6. The first-order valence-corrected chi connectivity index (χ1v) is 26.0. The molecule has 1 atom stereocenters. The van der Waals surface area contributed by atoms with Gasteiger partial charge in [-0.25, -0.2) is 0 Å². The van der Waals surface area contributed by atoms with Crippen LogP contribution in [0, 0.1) is 0 Å². The van der Waals surface area contributed by atoms with Gasteiger partial charge in [-0.15, -0.1) is 0 Å². The first-order chi connectivity index (χ1) is 10.2. The third kappa shape index (κ3) is 13.3. The van der Waals surface area contributed by atoms with Crippen molar-refractivity contribution in [3.63, 3.8) is 0 Å². The maximum atomic E-state index is 6.43. The van der Waals surface area contributed by atoms with E-state index in [2.05, 4.69) is 85.1 Å². The maximum absolute atomic E-state index is 6.43. The monoisotopic (exact) mass is 444 g/mol. The fourth-order valence-corrected chi connectivity index (χ4v) is 27.8. The Morgan fingerprint density at radius 3 is 1.21 bits per heavy atom. The molecule has 0 aliphatic carbocycles. The van der Waals surface area contributed by atoms with Crippen LogP contribution in [0.5, 0.6) is 0 Å². The van der Waals surface area contributed by atoms with Gasteiger partial charge in [-0.1, -0.05) is 0 Å². The molecular weight excluding hydrogens is 405 g/mol. The molecule has 1 unspecified atom stereocenters. The summed E-state index contributed by atoms with van der Waals surface area (Å²) in [7, 11) is -11.7. The molecule has 0 N–H and O–H groups in total. The third-order valence-corrected chi connectivity index (χ3v) is 22.5. The quantitative estimate of drug-likeness (QED) is 0.457. The van der Waals surface area contributed by atoms with Gasteiger partial charge in [0.25, 0.3) is 9.28 Å². The highest BCUT2D eigenvalue weighted by Crippen LogP contribution is 2.24. The van der Waals surface area contributed by atoms with Gasteiger partial charge in [-0.2, -0.15) is 0 Å². The van der Waals surface area contributed by atoms with Crippen molar-refractivity contribution in [2.24, 2.45) is 0 Å². The highest BCUT2D eigenvalue weighted by molar-refractivity contribution is 6.89. The maximum Gasteiger partial charge on any atom is 0.314 e. The fourth-order valence-electron chi connectivity index (χ4n) is 2.91. The molecule has 0 bridgehead atoms. The first-order valence-electron chi connectivity index (χ1n) is 8.68. The van der Waals surface area contributed by atoms with Crippen LogP contribution in [0.4, 0.5) is 0 Å². The van der Waals surface area contributed by atoms with Gasteiger partial charge in [0.1, 0.15) is 0 Å². The highest BCUT2D eigenvalue weighted by Gasteiger charge is 2.44. The molecule has 0 radical (unpaired) electrons. The number of rotatable bonds is 10. The van der Waals surface area contributed by atoms with Crippen LogP contribution in [0.1, 0.15) is 0 Å². The van der Waals surface area contributed by atoms with Gasteiger partial charge in [-0.05, 0) is 85.1 Å². The van der Waals surface area contributed by atoms with Crippen LogP contribution in [0.3, 0.4) is 0 Å². The molecule has 5 nitrogen and oxygen atoms in total. The van der Waals surface area contributed by atoms with Crippen LogP contribution in [-0.2, 0) is 20.6 Å². The lowest BCUT2D eigenvalue weighted by Crippen LogP contribution is -2.57. The normalized spacial score (nSPS) is 16.4. The van der Waals surface area contributed by atoms with E-state index in [1.54, 1.807) is 0 Å². The highest BCUT2D eigenvalue weighted by atomic mass is 28.5. The van der Waals surface area contributed by atoms with E-state index >= 15 is 0 Å². The smallest absolute Gasteiger partial charge is 0.314 e. The van der Waals surface area contributed by atoms with E-state index < -0.39 is 51.6 Å². The Morgan fingerprint density at radius 2 is 0.833 bits per heavy atom. The summed E-state index contributed by atoms with van der Waals surface area (Å²) in [5.41, 5.74) is 0. The molecule has 0 aliphatic heterocycles. The van der Waals surface area contributed by atoms with Crippen molar-refractivity contribution < 1.29 is 20.6 Å². The summed E-state index contributed by atoms with van der Waals surface area (Å²) in [6.07, 6.45) is 0. The summed E-state index contributed by atoms with van der Waals surface area (Å²) in [4.78, 5) is 0. The molecule has 0 amide bonds. The van der Waals surface area contributed by atoms with Gasteiger partial charge in [0.15, 0.2) is 16.6 Å². The van der Waals surface area contributed by atoms with Crippen molar-refractivity contribution in [2.75, 3.05) is 0 Å². The minimum atomic E-state index is -2.33. The molecule has 0 aliphatic rings. The van der Waals surface area contributed by atoms with Crippen LogP contribution in [0.2, 0.25) is 85.1 Å². The minimum Gasteiger partial charge on any atom is -0.439 e. The molecule has 0 spiro atoms. The summed E-state index contributed by atoms with van der Waals surface area (Å²) in [5.74, 6) is 0. The van der Waals surface area contributed by atoms with Gasteiger partial charge in [0, 0.05) is 0 Å². The Morgan fingerprint density at radius 1 is 0.458 bits per heavy atom. The Kier molecular flexibility index (Phi) is 8.80. The van der Waals surface area contributed by atoms with Crippen molar-refractivity contribution in [3.8, 4) is 0 Å². The molecule has 0 fully saturated rings. The summed E-state index contributed by atoms with van der Waals surface area (Å²) < 4.78 is 31.6. The largest absolute Gasteiger partial charge is 0.439 e. The van der Waals surface area contributed by atoms with E-state index in [1.807, 2.05) is 0 Å². The van der Waals surface area contributed by atoms with Gasteiger partial charge in [0.05, 0.1) is 0 Å². The zero-order valence-electron chi connectivity index (χ0n) is 18.1. The minimum absolute atomic E-state index is 1.57. The van der Waals surface area contributed by atoms with Gasteiger partial charge in [-0.3, -0.25) is 0 Å². The molecular formula is C13H40O5Si6. The van der Waals surface area contributed by atoms with Gasteiger partial charge < -0.3 is 20.6 Å². The van der Waals surface area contributed by atoms with Crippen LogP contribution in [0.25, 0.3) is 0 Å². The predicted octanol–water partition coefficient (Wildman–Crippen LogP) is 4.69. The second kappa shape index (κ2) is 8.41. The van der Waals surface area contributed by atoms with E-state index in [0.29, 0.717) is 0 Å². The molecule has 0 aromatic rings. The lowest BCUT2D eigenvalue weighted by molar-refractivity contribution is 0.290. The zero-order valence-corrected chi connectivity index (χ0v) is 24.3. The molecule has 0 heterocycles. The molecule has 146 valence electrons. The standard InChI is InChI=1S/C13H40O5Si6/c1-19(14-20(2,3)4)15-22(8,9)17-24(12,13)18-23(10,11)16-21(5,6)7/h19H,1-13H3. The Balaban J connectivity index is 4.82. The van der Waals surface area contributed by atoms with Crippen molar-refractivity contribution in [2.45, 2.75) is 85.1 Å². The van der Waals surface area contributed by atoms with E-state index in [4.69, 9.17) is 20.6 Å². The fraction of sp³-hybridized carbons (Fsp3) is 1.00. The molecule has 11 heteroatoms. The molecule has 0 saturated heterocycles. The topological polar surface area (TPSA) is 46.2 Å². The number of hydrogen-bond donors (Lipinski definition) is 0. The average molecular weight is 445 g/mol. The molecule has 0 rings (SSSR count). The van der Waals surface area contributed by atoms with Crippen molar-refractivity contribution >= 4 is 51.6 Å². The van der Waals surface area contributed by atoms with Crippen LogP contribution >= 0.6 is 0 Å². The van der Waals surface area contributed by atoms with E-state index in [-0.39, 0.29) is 0 Å². The summed E-state index contributed by atoms with van der Waals surface area (Å²) >= 11 is 0. The van der Waals surface area contributed by atoms with Crippen molar-refractivity contribution in [3.05, 3.63) is 0 Å².